The van der Waals surface area contributed by atoms with Gasteiger partial charge in [0.25, 0.3) is 0 Å². The maximum atomic E-state index is 10.9. The van der Waals surface area contributed by atoms with Crippen molar-refractivity contribution in [3.63, 3.8) is 0 Å². The molecule has 0 spiro atoms. The molecule has 0 bridgehead atoms. The fraction of sp³-hybridized carbons (Fsp3) is 0.385. The van der Waals surface area contributed by atoms with Gasteiger partial charge in [0.1, 0.15) is 0 Å². The van der Waals surface area contributed by atoms with E-state index in [9.17, 15) is 9.59 Å². The quantitative estimate of drug-likeness (QED) is 0.741. The van der Waals surface area contributed by atoms with Crippen LogP contribution in [0.5, 0.6) is 0 Å². The number of aliphatic carboxylic acids is 1. The van der Waals surface area contributed by atoms with Crippen molar-refractivity contribution in [1.82, 2.24) is 5.32 Å². The number of hydrogen-bond acceptors (Lipinski definition) is 4. The summed E-state index contributed by atoms with van der Waals surface area (Å²) in [7, 11) is 1.34. The number of hydrogen-bond donors (Lipinski definition) is 2. The molecule has 0 amide bonds. The maximum absolute atomic E-state index is 10.9. The molecule has 0 aliphatic carbocycles. The highest BCUT2D eigenvalue weighted by Crippen LogP contribution is 2.15. The molecule has 1 aromatic rings. The molecule has 2 N–H and O–H groups in total. The SMILES string of the molecule is COC(=O)CNCc1ccc(C(C)C(=O)O)cc1. The molecule has 0 saturated carbocycles. The van der Waals surface area contributed by atoms with Crippen molar-refractivity contribution in [3.8, 4) is 0 Å². The van der Waals surface area contributed by atoms with E-state index < -0.39 is 11.9 Å². The minimum absolute atomic E-state index is 0.157. The van der Waals surface area contributed by atoms with Gasteiger partial charge >= 0.3 is 11.9 Å². The number of esters is 1. The molecule has 1 atom stereocenters. The first-order valence-corrected chi connectivity index (χ1v) is 5.63. The molecule has 98 valence electrons. The van der Waals surface area contributed by atoms with Crippen molar-refractivity contribution in [2.45, 2.75) is 19.4 Å². The van der Waals surface area contributed by atoms with Gasteiger partial charge in [-0.3, -0.25) is 9.59 Å². The number of carboxylic acids is 1. The molecule has 1 aromatic carbocycles. The van der Waals surface area contributed by atoms with E-state index >= 15 is 0 Å². The zero-order valence-corrected chi connectivity index (χ0v) is 10.5. The summed E-state index contributed by atoms with van der Waals surface area (Å²) in [6.45, 7) is 2.34. The van der Waals surface area contributed by atoms with Gasteiger partial charge in [0.2, 0.25) is 0 Å². The Morgan fingerprint density at radius 3 is 2.44 bits per heavy atom. The Kier molecular flexibility index (Phi) is 5.32. The molecule has 5 nitrogen and oxygen atoms in total. The Hall–Kier alpha value is -1.88. The summed E-state index contributed by atoms with van der Waals surface area (Å²) in [6, 6.07) is 7.26. The number of methoxy groups -OCH3 is 1. The molecular weight excluding hydrogens is 234 g/mol. The molecule has 1 rings (SSSR count). The van der Waals surface area contributed by atoms with E-state index in [1.165, 1.54) is 7.11 Å². The van der Waals surface area contributed by atoms with Crippen LogP contribution in [0.2, 0.25) is 0 Å². The van der Waals surface area contributed by atoms with Crippen molar-refractivity contribution in [3.05, 3.63) is 35.4 Å². The van der Waals surface area contributed by atoms with Gasteiger partial charge in [-0.15, -0.1) is 0 Å². The van der Waals surface area contributed by atoms with Gasteiger partial charge in [-0.1, -0.05) is 24.3 Å². The third-order valence-corrected chi connectivity index (χ3v) is 2.68. The normalized spacial score (nSPS) is 11.9. The predicted molar refractivity (Wildman–Crippen MR) is 66.2 cm³/mol. The van der Waals surface area contributed by atoms with Crippen molar-refractivity contribution >= 4 is 11.9 Å². The first kappa shape index (κ1) is 14.2. The fourth-order valence-corrected chi connectivity index (χ4v) is 1.45. The molecule has 0 saturated heterocycles. The Morgan fingerprint density at radius 1 is 1.33 bits per heavy atom. The first-order valence-electron chi connectivity index (χ1n) is 5.63. The van der Waals surface area contributed by atoms with Crippen LogP contribution >= 0.6 is 0 Å². The lowest BCUT2D eigenvalue weighted by Crippen LogP contribution is -2.23. The second-order valence-corrected chi connectivity index (χ2v) is 3.98. The van der Waals surface area contributed by atoms with Crippen LogP contribution in [0.4, 0.5) is 0 Å². The van der Waals surface area contributed by atoms with Crippen LogP contribution < -0.4 is 5.32 Å². The van der Waals surface area contributed by atoms with Crippen molar-refractivity contribution in [1.29, 1.82) is 0 Å². The second-order valence-electron chi connectivity index (χ2n) is 3.98. The van der Waals surface area contributed by atoms with E-state index in [-0.39, 0.29) is 12.5 Å². The number of nitrogens with one attached hydrogen (secondary N) is 1. The van der Waals surface area contributed by atoms with Gasteiger partial charge in [-0.2, -0.15) is 0 Å². The summed E-state index contributed by atoms with van der Waals surface area (Å²) in [5.41, 5.74) is 1.75. The summed E-state index contributed by atoms with van der Waals surface area (Å²) in [6.07, 6.45) is 0. The molecule has 1 unspecified atom stereocenters. The highest BCUT2D eigenvalue weighted by Gasteiger charge is 2.12. The van der Waals surface area contributed by atoms with Gasteiger partial charge in [-0.05, 0) is 18.1 Å². The van der Waals surface area contributed by atoms with Crippen LogP contribution in [0.25, 0.3) is 0 Å². The van der Waals surface area contributed by atoms with Gasteiger partial charge in [-0.25, -0.2) is 0 Å². The number of ether oxygens (including phenoxy) is 1. The largest absolute Gasteiger partial charge is 0.481 e. The van der Waals surface area contributed by atoms with Crippen LogP contribution in [-0.4, -0.2) is 30.7 Å². The van der Waals surface area contributed by atoms with Gasteiger partial charge in [0, 0.05) is 6.54 Å². The lowest BCUT2D eigenvalue weighted by Gasteiger charge is -2.08. The summed E-state index contributed by atoms with van der Waals surface area (Å²) in [5, 5.41) is 11.8. The number of carbonyl (C=O) groups excluding carboxylic acids is 1. The van der Waals surface area contributed by atoms with Crippen molar-refractivity contribution in [2.24, 2.45) is 0 Å². The van der Waals surface area contributed by atoms with Crippen LogP contribution in [0, 0.1) is 0 Å². The Balaban J connectivity index is 2.50. The Bertz CT molecular complexity index is 414. The van der Waals surface area contributed by atoms with Crippen LogP contribution in [0.1, 0.15) is 24.0 Å². The number of rotatable bonds is 6. The third kappa shape index (κ3) is 4.18. The molecule has 5 heteroatoms. The van der Waals surface area contributed by atoms with E-state index in [4.69, 9.17) is 5.11 Å². The van der Waals surface area contributed by atoms with Crippen molar-refractivity contribution in [2.75, 3.05) is 13.7 Å². The summed E-state index contributed by atoms with van der Waals surface area (Å²) >= 11 is 0. The summed E-state index contributed by atoms with van der Waals surface area (Å²) in [5.74, 6) is -1.67. The molecule has 0 fully saturated rings. The predicted octanol–water partition coefficient (Wildman–Crippen LogP) is 1.14. The molecular formula is C13H17NO4. The molecule has 0 aliphatic heterocycles. The third-order valence-electron chi connectivity index (χ3n) is 2.68. The molecule has 0 aromatic heterocycles. The average molecular weight is 251 g/mol. The zero-order chi connectivity index (χ0) is 13.5. The lowest BCUT2D eigenvalue weighted by atomic mass is 10.0. The van der Waals surface area contributed by atoms with Gasteiger partial charge in [0.15, 0.2) is 0 Å². The van der Waals surface area contributed by atoms with Gasteiger partial charge < -0.3 is 15.2 Å². The molecule has 0 aliphatic rings. The van der Waals surface area contributed by atoms with E-state index in [1.807, 2.05) is 12.1 Å². The zero-order valence-electron chi connectivity index (χ0n) is 10.5. The average Bonchev–Trinajstić information content (AvgIpc) is 2.38. The smallest absolute Gasteiger partial charge is 0.319 e. The second kappa shape index (κ2) is 6.76. The topological polar surface area (TPSA) is 75.6 Å². The molecule has 18 heavy (non-hydrogen) atoms. The Labute approximate surface area is 106 Å². The minimum Gasteiger partial charge on any atom is -0.481 e. The lowest BCUT2D eigenvalue weighted by molar-refractivity contribution is -0.140. The number of carbonyl (C=O) groups is 2. The Morgan fingerprint density at radius 2 is 1.94 bits per heavy atom. The van der Waals surface area contributed by atoms with E-state index in [0.29, 0.717) is 6.54 Å². The minimum atomic E-state index is -0.841. The first-order chi connectivity index (χ1) is 8.54. The summed E-state index contributed by atoms with van der Waals surface area (Å²) < 4.78 is 4.50. The van der Waals surface area contributed by atoms with Gasteiger partial charge in [0.05, 0.1) is 19.6 Å². The van der Waals surface area contributed by atoms with E-state index in [0.717, 1.165) is 11.1 Å². The van der Waals surface area contributed by atoms with Crippen LogP contribution in [0.3, 0.4) is 0 Å². The maximum Gasteiger partial charge on any atom is 0.319 e. The van der Waals surface area contributed by atoms with Crippen LogP contribution in [0.15, 0.2) is 24.3 Å². The highest BCUT2D eigenvalue weighted by atomic mass is 16.5. The van der Waals surface area contributed by atoms with Crippen molar-refractivity contribution < 1.29 is 19.4 Å². The molecule has 0 radical (unpaired) electrons. The number of carboxylic acid groups (broad SMARTS) is 1. The standard InChI is InChI=1S/C13H17NO4/c1-9(13(16)17)11-5-3-10(4-6-11)7-14-8-12(15)18-2/h3-6,9,14H,7-8H2,1-2H3,(H,16,17). The fourth-order valence-electron chi connectivity index (χ4n) is 1.45. The monoisotopic (exact) mass is 251 g/mol. The highest BCUT2D eigenvalue weighted by molar-refractivity contribution is 5.75. The molecule has 0 heterocycles. The van der Waals surface area contributed by atoms with Crippen LogP contribution in [-0.2, 0) is 20.9 Å². The van der Waals surface area contributed by atoms with E-state index in [1.54, 1.807) is 19.1 Å². The number of benzene rings is 1. The summed E-state index contributed by atoms with van der Waals surface area (Å²) in [4.78, 5) is 21.7. The van der Waals surface area contributed by atoms with E-state index in [2.05, 4.69) is 10.1 Å².